The number of rotatable bonds is 6. The Kier molecular flexibility index (Phi) is 5.98. The molecule has 0 aliphatic heterocycles. The number of aromatic nitrogens is 5. The number of fused-ring (bicyclic) bond motifs is 2. The molecular weight excluding hydrogens is 437 g/mol. The number of aromatic amines is 1. The average molecular weight is 460 g/mol. The number of nitrogens with zero attached hydrogens (tertiary/aromatic N) is 5. The van der Waals surface area contributed by atoms with Crippen molar-refractivity contribution < 1.29 is 13.9 Å². The Bertz CT molecular complexity index is 1300. The Morgan fingerprint density at radius 2 is 2.16 bits per heavy atom. The summed E-state index contributed by atoms with van der Waals surface area (Å²) in [7, 11) is 3.89. The molecule has 32 heavy (non-hydrogen) atoms. The van der Waals surface area contributed by atoms with Gasteiger partial charge >= 0.3 is 6.09 Å². The van der Waals surface area contributed by atoms with E-state index >= 15 is 0 Å². The molecule has 0 bridgehead atoms. The summed E-state index contributed by atoms with van der Waals surface area (Å²) in [5.41, 5.74) is 2.02. The van der Waals surface area contributed by atoms with Gasteiger partial charge in [-0.05, 0) is 40.1 Å². The monoisotopic (exact) mass is 459 g/mol. The van der Waals surface area contributed by atoms with Crippen molar-refractivity contribution in [2.24, 2.45) is 0 Å². The fourth-order valence-electron chi connectivity index (χ4n) is 3.29. The van der Waals surface area contributed by atoms with Crippen LogP contribution in [0.25, 0.3) is 33.5 Å². The molecule has 3 heterocycles. The Balaban J connectivity index is 1.80. The highest BCUT2D eigenvalue weighted by Gasteiger charge is 2.21. The van der Waals surface area contributed by atoms with E-state index < -0.39 is 11.9 Å². The van der Waals surface area contributed by atoms with Gasteiger partial charge < -0.3 is 19.9 Å². The van der Waals surface area contributed by atoms with Gasteiger partial charge in [-0.15, -0.1) is 0 Å². The number of halogens is 2. The van der Waals surface area contributed by atoms with E-state index in [-0.39, 0.29) is 16.8 Å². The summed E-state index contributed by atoms with van der Waals surface area (Å²) in [6.07, 6.45) is 2.40. The standard InChI is InChI=1S/C21H23ClFN7O2/c1-11(2)26-21(31)32-16-10-25-20-19(16)27-14(9-24-20)18-17-13(23)7-12(22)8-15(17)30(28-18)6-5-29(3)4/h7-11H,5-6H2,1-4H3,(H,24,25)(H,26,31). The van der Waals surface area contributed by atoms with E-state index in [1.165, 1.54) is 18.5 Å². The second-order valence-electron chi connectivity index (χ2n) is 7.95. The third-order valence-electron chi connectivity index (χ3n) is 4.73. The van der Waals surface area contributed by atoms with Gasteiger partial charge in [0.1, 0.15) is 17.2 Å². The number of likely N-dealkylation sites (N-methyl/N-ethyl adjacent to an activating group) is 1. The molecule has 9 nitrogen and oxygen atoms in total. The molecule has 0 saturated carbocycles. The summed E-state index contributed by atoms with van der Waals surface area (Å²) in [4.78, 5) is 25.9. The van der Waals surface area contributed by atoms with Crippen molar-refractivity contribution in [3.8, 4) is 17.1 Å². The van der Waals surface area contributed by atoms with Crippen molar-refractivity contribution in [3.63, 3.8) is 0 Å². The van der Waals surface area contributed by atoms with Crippen LogP contribution in [0.3, 0.4) is 0 Å². The fraction of sp³-hybridized carbons (Fsp3) is 0.333. The van der Waals surface area contributed by atoms with Crippen LogP contribution in [0.15, 0.2) is 24.5 Å². The Morgan fingerprint density at radius 1 is 1.38 bits per heavy atom. The highest BCUT2D eigenvalue weighted by molar-refractivity contribution is 6.31. The van der Waals surface area contributed by atoms with Crippen LogP contribution in [0.2, 0.25) is 5.02 Å². The van der Waals surface area contributed by atoms with Crippen LogP contribution >= 0.6 is 11.6 Å². The minimum absolute atomic E-state index is 0.0818. The maximum atomic E-state index is 15.0. The molecule has 0 aliphatic rings. The predicted molar refractivity (Wildman–Crippen MR) is 120 cm³/mol. The van der Waals surface area contributed by atoms with E-state index in [0.29, 0.717) is 46.5 Å². The molecule has 0 unspecified atom stereocenters. The van der Waals surface area contributed by atoms with Gasteiger partial charge in [-0.25, -0.2) is 19.2 Å². The van der Waals surface area contributed by atoms with Gasteiger partial charge in [-0.2, -0.15) is 5.10 Å². The minimum atomic E-state index is -0.604. The van der Waals surface area contributed by atoms with Gasteiger partial charge in [-0.3, -0.25) is 4.68 Å². The maximum absolute atomic E-state index is 15.0. The lowest BCUT2D eigenvalue weighted by molar-refractivity contribution is 0.198. The van der Waals surface area contributed by atoms with Gasteiger partial charge in [0.05, 0.1) is 23.6 Å². The number of benzene rings is 1. The Labute approximate surface area is 188 Å². The van der Waals surface area contributed by atoms with E-state index in [0.717, 1.165) is 0 Å². The predicted octanol–water partition coefficient (Wildman–Crippen LogP) is 3.83. The largest absolute Gasteiger partial charge is 0.412 e. The van der Waals surface area contributed by atoms with Crippen LogP contribution < -0.4 is 10.1 Å². The number of carbonyl (C=O) groups excluding carboxylic acids is 1. The first-order valence-electron chi connectivity index (χ1n) is 10.1. The smallest absolute Gasteiger partial charge is 0.406 e. The Hall–Kier alpha value is -3.24. The van der Waals surface area contributed by atoms with Crippen LogP contribution in [0.5, 0.6) is 5.75 Å². The number of amides is 1. The van der Waals surface area contributed by atoms with Crippen molar-refractivity contribution in [2.75, 3.05) is 20.6 Å². The number of hydrogen-bond donors (Lipinski definition) is 2. The summed E-state index contributed by atoms with van der Waals surface area (Å²) in [6, 6.07) is 2.85. The molecule has 4 rings (SSSR count). The van der Waals surface area contributed by atoms with Crippen LogP contribution in [-0.2, 0) is 6.54 Å². The molecule has 0 aliphatic carbocycles. The fourth-order valence-corrected chi connectivity index (χ4v) is 3.49. The van der Waals surface area contributed by atoms with E-state index in [1.807, 2.05) is 32.8 Å². The molecule has 0 spiro atoms. The van der Waals surface area contributed by atoms with Crippen LogP contribution in [0.4, 0.5) is 9.18 Å². The summed E-state index contributed by atoms with van der Waals surface area (Å²) >= 11 is 6.10. The molecule has 0 fully saturated rings. The minimum Gasteiger partial charge on any atom is -0.406 e. The zero-order valence-corrected chi connectivity index (χ0v) is 18.9. The zero-order valence-electron chi connectivity index (χ0n) is 18.1. The average Bonchev–Trinajstić information content (AvgIpc) is 3.27. The maximum Gasteiger partial charge on any atom is 0.412 e. The number of nitrogens with one attached hydrogen (secondary N) is 2. The third kappa shape index (κ3) is 4.37. The molecule has 2 N–H and O–H groups in total. The summed E-state index contributed by atoms with van der Waals surface area (Å²) in [5.74, 6) is -0.283. The van der Waals surface area contributed by atoms with Gasteiger partial charge in [-0.1, -0.05) is 11.6 Å². The molecule has 4 aromatic rings. The molecule has 0 radical (unpaired) electrons. The van der Waals surface area contributed by atoms with Crippen LogP contribution in [0, 0.1) is 5.82 Å². The van der Waals surface area contributed by atoms with Crippen molar-refractivity contribution >= 4 is 39.8 Å². The van der Waals surface area contributed by atoms with Gasteiger partial charge in [0, 0.05) is 23.8 Å². The summed E-state index contributed by atoms with van der Waals surface area (Å²) < 4.78 is 22.0. The van der Waals surface area contributed by atoms with E-state index in [2.05, 4.69) is 25.4 Å². The second kappa shape index (κ2) is 8.71. The van der Waals surface area contributed by atoms with E-state index in [4.69, 9.17) is 16.3 Å². The highest BCUT2D eigenvalue weighted by Crippen LogP contribution is 2.33. The second-order valence-corrected chi connectivity index (χ2v) is 8.39. The topological polar surface area (TPSA) is 101 Å². The first-order valence-corrected chi connectivity index (χ1v) is 10.4. The lowest BCUT2D eigenvalue weighted by Gasteiger charge is -2.10. The van der Waals surface area contributed by atoms with Crippen molar-refractivity contribution in [3.05, 3.63) is 35.4 Å². The molecular formula is C21H23ClFN7O2. The number of hydrogen-bond acceptors (Lipinski definition) is 6. The van der Waals surface area contributed by atoms with Crippen molar-refractivity contribution in [1.29, 1.82) is 0 Å². The summed E-state index contributed by atoms with van der Waals surface area (Å²) in [6.45, 7) is 4.89. The number of H-pyrrole nitrogens is 1. The van der Waals surface area contributed by atoms with E-state index in [1.54, 1.807) is 10.7 Å². The van der Waals surface area contributed by atoms with Crippen molar-refractivity contribution in [1.82, 2.24) is 34.9 Å². The van der Waals surface area contributed by atoms with Gasteiger partial charge in [0.2, 0.25) is 0 Å². The zero-order chi connectivity index (χ0) is 23.0. The normalized spacial score (nSPS) is 11.8. The molecule has 11 heteroatoms. The molecule has 0 saturated heterocycles. The lowest BCUT2D eigenvalue weighted by atomic mass is 10.1. The lowest BCUT2D eigenvalue weighted by Crippen LogP contribution is -2.32. The SMILES string of the molecule is CC(C)NC(=O)Oc1c[nH]c2ncc(-c3nn(CCN(C)C)c4cc(Cl)cc(F)c34)nc12. The first kappa shape index (κ1) is 22.0. The van der Waals surface area contributed by atoms with Crippen LogP contribution in [0.1, 0.15) is 13.8 Å². The third-order valence-corrected chi connectivity index (χ3v) is 4.94. The van der Waals surface area contributed by atoms with E-state index in [9.17, 15) is 9.18 Å². The molecule has 0 atom stereocenters. The Morgan fingerprint density at radius 3 is 2.88 bits per heavy atom. The first-order chi connectivity index (χ1) is 15.2. The highest BCUT2D eigenvalue weighted by atomic mass is 35.5. The quantitative estimate of drug-likeness (QED) is 0.454. The molecule has 1 amide bonds. The van der Waals surface area contributed by atoms with Crippen LogP contribution in [-0.4, -0.2) is 62.4 Å². The van der Waals surface area contributed by atoms with Gasteiger partial charge in [0.25, 0.3) is 0 Å². The molecule has 1 aromatic carbocycles. The number of ether oxygens (including phenoxy) is 1. The molecule has 168 valence electrons. The summed E-state index contributed by atoms with van der Waals surface area (Å²) in [5, 5.41) is 7.85. The number of carbonyl (C=O) groups is 1. The molecule has 3 aromatic heterocycles. The van der Waals surface area contributed by atoms with Gasteiger partial charge in [0.15, 0.2) is 16.9 Å². The van der Waals surface area contributed by atoms with Crippen molar-refractivity contribution in [2.45, 2.75) is 26.4 Å².